The Hall–Kier alpha value is -3.48. The maximum absolute atomic E-state index is 11.9. The van der Waals surface area contributed by atoms with Crippen molar-refractivity contribution in [3.63, 3.8) is 0 Å². The van der Waals surface area contributed by atoms with Crippen LogP contribution < -0.4 is 5.32 Å². The van der Waals surface area contributed by atoms with E-state index in [4.69, 9.17) is 9.97 Å². The fourth-order valence-electron chi connectivity index (χ4n) is 5.88. The zero-order chi connectivity index (χ0) is 24.1. The van der Waals surface area contributed by atoms with Crippen molar-refractivity contribution in [1.29, 1.82) is 0 Å². The number of aromatic nitrogens is 4. The molecule has 1 N–H and O–H groups in total. The van der Waals surface area contributed by atoms with Crippen molar-refractivity contribution in [1.82, 2.24) is 24.4 Å². The fourth-order valence-corrected chi connectivity index (χ4v) is 5.88. The minimum atomic E-state index is 0.106. The third kappa shape index (κ3) is 3.93. The lowest BCUT2D eigenvalue weighted by Gasteiger charge is -2.31. The molecule has 0 bridgehead atoms. The number of pyridine rings is 1. The predicted molar refractivity (Wildman–Crippen MR) is 139 cm³/mol. The number of rotatable bonds is 3. The molecule has 1 atom stereocenters. The Balaban J connectivity index is 1.36. The van der Waals surface area contributed by atoms with Gasteiger partial charge in [0.25, 0.3) is 0 Å². The molecule has 1 aromatic carbocycles. The molecule has 180 valence electrons. The Morgan fingerprint density at radius 1 is 1.00 bits per heavy atom. The Bertz CT molecular complexity index is 1420. The van der Waals surface area contributed by atoms with Gasteiger partial charge in [-0.3, -0.25) is 4.79 Å². The van der Waals surface area contributed by atoms with Gasteiger partial charge in [-0.1, -0.05) is 38.1 Å². The molecule has 7 heteroatoms. The molecule has 0 saturated heterocycles. The van der Waals surface area contributed by atoms with Gasteiger partial charge in [0, 0.05) is 48.9 Å². The van der Waals surface area contributed by atoms with Crippen LogP contribution in [0.4, 0.5) is 11.8 Å². The number of nitrogens with zero attached hydrogens (tertiary/aromatic N) is 5. The summed E-state index contributed by atoms with van der Waals surface area (Å²) < 4.78 is 2.45. The zero-order valence-corrected chi connectivity index (χ0v) is 20.7. The van der Waals surface area contributed by atoms with E-state index >= 15 is 0 Å². The number of benzene rings is 1. The van der Waals surface area contributed by atoms with Crippen molar-refractivity contribution in [3.05, 3.63) is 53.9 Å². The highest BCUT2D eigenvalue weighted by atomic mass is 16.2. The predicted octanol–water partition coefficient (Wildman–Crippen LogP) is 5.94. The molecule has 1 amide bonds. The average molecular weight is 469 g/mol. The van der Waals surface area contributed by atoms with Crippen LogP contribution in [0.2, 0.25) is 0 Å². The van der Waals surface area contributed by atoms with Crippen LogP contribution in [-0.4, -0.2) is 36.9 Å². The first-order valence-electron chi connectivity index (χ1n) is 12.8. The van der Waals surface area contributed by atoms with E-state index in [-0.39, 0.29) is 11.8 Å². The second-order valence-electron chi connectivity index (χ2n) is 10.4. The van der Waals surface area contributed by atoms with E-state index in [1.54, 1.807) is 6.92 Å². The van der Waals surface area contributed by atoms with E-state index in [2.05, 4.69) is 59.0 Å². The second-order valence-corrected chi connectivity index (χ2v) is 10.4. The summed E-state index contributed by atoms with van der Waals surface area (Å²) >= 11 is 0. The topological polar surface area (TPSA) is 75.9 Å². The number of hydrogen-bond donors (Lipinski definition) is 1. The molecule has 7 nitrogen and oxygen atoms in total. The number of carbonyl (C=O) groups excluding carboxylic acids is 1. The normalized spacial score (nSPS) is 22.4. The van der Waals surface area contributed by atoms with E-state index in [1.165, 1.54) is 36.6 Å². The molecule has 0 radical (unpaired) electrons. The van der Waals surface area contributed by atoms with Gasteiger partial charge in [-0.05, 0) is 49.3 Å². The minimum Gasteiger partial charge on any atom is -0.338 e. The third-order valence-electron chi connectivity index (χ3n) is 7.82. The molecule has 3 aromatic heterocycles. The molecular formula is C28H32N6O. The largest absolute Gasteiger partial charge is 0.338 e. The SMILES string of the molecule is CC(=O)N1Cc2ccc(Nc3ncc4c5ccccc5n(C5CCC(C)CC5)c4n3)nc2[C@@H](C)C1. The van der Waals surface area contributed by atoms with Gasteiger partial charge in [-0.15, -0.1) is 0 Å². The number of nitrogens with one attached hydrogen (secondary N) is 1. The maximum Gasteiger partial charge on any atom is 0.230 e. The van der Waals surface area contributed by atoms with E-state index in [9.17, 15) is 4.79 Å². The summed E-state index contributed by atoms with van der Waals surface area (Å²) in [6.45, 7) is 7.42. The summed E-state index contributed by atoms with van der Waals surface area (Å²) in [5.74, 6) is 2.39. The van der Waals surface area contributed by atoms with E-state index in [0.717, 1.165) is 34.0 Å². The molecule has 1 aliphatic heterocycles. The highest BCUT2D eigenvalue weighted by Crippen LogP contribution is 2.38. The van der Waals surface area contributed by atoms with E-state index in [0.29, 0.717) is 25.1 Å². The van der Waals surface area contributed by atoms with E-state index < -0.39 is 0 Å². The van der Waals surface area contributed by atoms with Gasteiger partial charge >= 0.3 is 0 Å². The zero-order valence-electron chi connectivity index (χ0n) is 20.7. The van der Waals surface area contributed by atoms with Crippen molar-refractivity contribution >= 4 is 39.6 Å². The molecule has 0 unspecified atom stereocenters. The summed E-state index contributed by atoms with van der Waals surface area (Å²) in [5, 5.41) is 5.66. The first kappa shape index (κ1) is 22.0. The molecular weight excluding hydrogens is 436 g/mol. The van der Waals surface area contributed by atoms with Gasteiger partial charge in [0.2, 0.25) is 11.9 Å². The minimum absolute atomic E-state index is 0.106. The highest BCUT2D eigenvalue weighted by Gasteiger charge is 2.26. The summed E-state index contributed by atoms with van der Waals surface area (Å²) in [6, 6.07) is 13.1. The smallest absolute Gasteiger partial charge is 0.230 e. The number of amides is 1. The molecule has 0 spiro atoms. The number of fused-ring (bicyclic) bond motifs is 4. The Morgan fingerprint density at radius 2 is 1.80 bits per heavy atom. The first-order valence-corrected chi connectivity index (χ1v) is 12.8. The van der Waals surface area contributed by atoms with Gasteiger partial charge in [-0.2, -0.15) is 4.98 Å². The lowest BCUT2D eigenvalue weighted by atomic mass is 9.87. The van der Waals surface area contributed by atoms with Crippen molar-refractivity contribution in [2.75, 3.05) is 11.9 Å². The molecule has 4 heterocycles. The van der Waals surface area contributed by atoms with Gasteiger partial charge in [0.05, 0.1) is 11.2 Å². The Labute approximate surface area is 205 Å². The lowest BCUT2D eigenvalue weighted by Crippen LogP contribution is -2.36. The molecule has 6 rings (SSSR count). The second kappa shape index (κ2) is 8.63. The highest BCUT2D eigenvalue weighted by molar-refractivity contribution is 6.06. The number of anilines is 2. The average Bonchev–Trinajstić information content (AvgIpc) is 3.18. The summed E-state index contributed by atoms with van der Waals surface area (Å²) in [6.07, 6.45) is 6.83. The molecule has 1 fully saturated rings. The van der Waals surface area contributed by atoms with Crippen LogP contribution in [0.1, 0.15) is 69.7 Å². The van der Waals surface area contributed by atoms with Crippen LogP contribution in [0.15, 0.2) is 42.6 Å². The van der Waals surface area contributed by atoms with Crippen molar-refractivity contribution in [3.8, 4) is 0 Å². The fraction of sp³-hybridized carbons (Fsp3) is 0.429. The van der Waals surface area contributed by atoms with Gasteiger partial charge in [0.1, 0.15) is 11.5 Å². The summed E-state index contributed by atoms with van der Waals surface area (Å²) in [7, 11) is 0. The van der Waals surface area contributed by atoms with Crippen molar-refractivity contribution in [2.24, 2.45) is 5.92 Å². The number of carbonyl (C=O) groups is 1. The van der Waals surface area contributed by atoms with Crippen LogP contribution >= 0.6 is 0 Å². The van der Waals surface area contributed by atoms with Crippen LogP contribution in [0.3, 0.4) is 0 Å². The first-order chi connectivity index (χ1) is 17.0. The Morgan fingerprint density at radius 3 is 2.60 bits per heavy atom. The van der Waals surface area contributed by atoms with Gasteiger partial charge in [-0.25, -0.2) is 9.97 Å². The van der Waals surface area contributed by atoms with Crippen LogP contribution in [0.25, 0.3) is 21.9 Å². The summed E-state index contributed by atoms with van der Waals surface area (Å²) in [5.41, 5.74) is 4.38. The van der Waals surface area contributed by atoms with E-state index in [1.807, 2.05) is 17.2 Å². The maximum atomic E-state index is 11.9. The number of hydrogen-bond acceptors (Lipinski definition) is 5. The molecule has 35 heavy (non-hydrogen) atoms. The Kier molecular flexibility index (Phi) is 5.43. The van der Waals surface area contributed by atoms with Gasteiger partial charge < -0.3 is 14.8 Å². The number of para-hydroxylation sites is 1. The van der Waals surface area contributed by atoms with Crippen LogP contribution in [-0.2, 0) is 11.3 Å². The molecule has 2 aliphatic rings. The molecule has 4 aromatic rings. The summed E-state index contributed by atoms with van der Waals surface area (Å²) in [4.78, 5) is 28.3. The van der Waals surface area contributed by atoms with Crippen molar-refractivity contribution < 1.29 is 4.79 Å². The molecule has 1 saturated carbocycles. The van der Waals surface area contributed by atoms with Crippen LogP contribution in [0, 0.1) is 5.92 Å². The monoisotopic (exact) mass is 468 g/mol. The van der Waals surface area contributed by atoms with Crippen LogP contribution in [0.5, 0.6) is 0 Å². The van der Waals surface area contributed by atoms with Gasteiger partial charge in [0.15, 0.2) is 0 Å². The quantitative estimate of drug-likeness (QED) is 0.403. The standard InChI is InChI=1S/C28H32N6O/c1-17-8-11-21(12-9-17)34-24-7-5-4-6-22(24)23-14-29-28(32-27(23)34)31-25-13-10-20-16-33(19(3)35)15-18(2)26(20)30-25/h4-7,10,13-14,17-18,21H,8-9,11-12,15-16H2,1-3H3,(H,29,30,31,32)/t17?,18-,21?/m0/s1. The van der Waals surface area contributed by atoms with Crippen molar-refractivity contribution in [2.45, 2.75) is 65.0 Å². The molecule has 1 aliphatic carbocycles. The lowest BCUT2D eigenvalue weighted by molar-refractivity contribution is -0.130. The third-order valence-corrected chi connectivity index (χ3v) is 7.82.